The van der Waals surface area contributed by atoms with Crippen LogP contribution in [0.2, 0.25) is 0 Å². The van der Waals surface area contributed by atoms with E-state index < -0.39 is 0 Å². The molecule has 0 bridgehead atoms. The van der Waals surface area contributed by atoms with Gasteiger partial charge in [0.2, 0.25) is 5.95 Å². The Balaban J connectivity index is 2.25. The van der Waals surface area contributed by atoms with Gasteiger partial charge < -0.3 is 4.90 Å². The Hall–Kier alpha value is -1.93. The summed E-state index contributed by atoms with van der Waals surface area (Å²) in [4.78, 5) is 11.4. The van der Waals surface area contributed by atoms with Crippen molar-refractivity contribution < 1.29 is 0 Å². The maximum Gasteiger partial charge on any atom is 0.225 e. The van der Waals surface area contributed by atoms with Crippen molar-refractivity contribution in [2.75, 3.05) is 18.5 Å². The van der Waals surface area contributed by atoms with Crippen molar-refractivity contribution in [2.45, 2.75) is 6.92 Å². The number of nitriles is 1. The van der Waals surface area contributed by atoms with Crippen molar-refractivity contribution >= 4 is 17.3 Å². The lowest BCUT2D eigenvalue weighted by atomic mass is 10.2. The first-order chi connectivity index (χ1) is 8.22. The van der Waals surface area contributed by atoms with Crippen LogP contribution in [0.5, 0.6) is 0 Å². The molecule has 2 aromatic rings. The molecule has 0 aliphatic carbocycles. The van der Waals surface area contributed by atoms with Crippen molar-refractivity contribution in [3.8, 4) is 16.5 Å². The van der Waals surface area contributed by atoms with E-state index in [-0.39, 0.29) is 6.54 Å². The van der Waals surface area contributed by atoms with Gasteiger partial charge in [-0.15, -0.1) is 11.3 Å². The van der Waals surface area contributed by atoms with Gasteiger partial charge in [0.05, 0.1) is 6.07 Å². The Kier molecular flexibility index (Phi) is 3.35. The Labute approximate surface area is 104 Å². The summed E-state index contributed by atoms with van der Waals surface area (Å²) >= 11 is 1.68. The van der Waals surface area contributed by atoms with Gasteiger partial charge in [-0.25, -0.2) is 9.97 Å². The van der Waals surface area contributed by atoms with Gasteiger partial charge in [-0.1, -0.05) is 0 Å². The summed E-state index contributed by atoms with van der Waals surface area (Å²) in [7, 11) is 1.80. The third-order valence-corrected chi connectivity index (χ3v) is 3.48. The summed E-state index contributed by atoms with van der Waals surface area (Å²) in [5.41, 5.74) is 2.25. The number of thiophene rings is 1. The van der Waals surface area contributed by atoms with E-state index in [4.69, 9.17) is 5.26 Å². The average molecular weight is 244 g/mol. The maximum absolute atomic E-state index is 8.59. The second kappa shape index (κ2) is 4.93. The molecule has 0 aromatic carbocycles. The summed E-state index contributed by atoms with van der Waals surface area (Å²) < 4.78 is 0. The minimum absolute atomic E-state index is 0.289. The second-order valence-corrected chi connectivity index (χ2v) is 4.63. The lowest BCUT2D eigenvalue weighted by Gasteiger charge is -2.12. The Morgan fingerprint density at radius 1 is 1.41 bits per heavy atom. The predicted molar refractivity (Wildman–Crippen MR) is 69.0 cm³/mol. The van der Waals surface area contributed by atoms with Crippen LogP contribution in [0.3, 0.4) is 0 Å². The molecule has 2 aromatic heterocycles. The van der Waals surface area contributed by atoms with Gasteiger partial charge in [0.25, 0.3) is 0 Å². The molecule has 0 aliphatic heterocycles. The van der Waals surface area contributed by atoms with E-state index in [1.54, 1.807) is 35.7 Å². The van der Waals surface area contributed by atoms with Gasteiger partial charge in [0, 0.05) is 29.9 Å². The minimum atomic E-state index is 0.289. The highest BCUT2D eigenvalue weighted by molar-refractivity contribution is 7.13. The zero-order valence-electron chi connectivity index (χ0n) is 9.71. The fraction of sp³-hybridized carbons (Fsp3) is 0.250. The first-order valence-corrected chi connectivity index (χ1v) is 6.05. The van der Waals surface area contributed by atoms with Crippen molar-refractivity contribution in [3.05, 3.63) is 29.4 Å². The fourth-order valence-electron chi connectivity index (χ4n) is 1.48. The van der Waals surface area contributed by atoms with Crippen LogP contribution in [-0.2, 0) is 0 Å². The number of hydrogen-bond acceptors (Lipinski definition) is 5. The largest absolute Gasteiger partial charge is 0.331 e. The SMILES string of the molecule is Cc1ccsc1-c1cnc(N(C)CC#N)nc1. The summed E-state index contributed by atoms with van der Waals surface area (Å²) in [6.07, 6.45) is 3.60. The highest BCUT2D eigenvalue weighted by Crippen LogP contribution is 2.28. The number of aromatic nitrogens is 2. The van der Waals surface area contributed by atoms with Gasteiger partial charge >= 0.3 is 0 Å². The van der Waals surface area contributed by atoms with E-state index in [2.05, 4.69) is 34.4 Å². The lowest BCUT2D eigenvalue weighted by Crippen LogP contribution is -2.19. The van der Waals surface area contributed by atoms with Crippen LogP contribution >= 0.6 is 11.3 Å². The van der Waals surface area contributed by atoms with Crippen LogP contribution in [-0.4, -0.2) is 23.6 Å². The molecular formula is C12H12N4S. The standard InChI is InChI=1S/C12H12N4S/c1-9-3-6-17-11(9)10-7-14-12(15-8-10)16(2)5-4-13/h3,6-8H,5H2,1-2H3. The van der Waals surface area contributed by atoms with Crippen LogP contribution < -0.4 is 4.90 Å². The van der Waals surface area contributed by atoms with Gasteiger partial charge in [-0.3, -0.25) is 0 Å². The third kappa shape index (κ3) is 2.43. The molecule has 0 atom stereocenters. The average Bonchev–Trinajstić information content (AvgIpc) is 2.76. The lowest BCUT2D eigenvalue weighted by molar-refractivity contribution is 0.947. The van der Waals surface area contributed by atoms with Gasteiger partial charge in [0.1, 0.15) is 6.54 Å². The number of nitrogens with zero attached hydrogens (tertiary/aromatic N) is 4. The fourth-order valence-corrected chi connectivity index (χ4v) is 2.38. The molecule has 0 unspecified atom stereocenters. The van der Waals surface area contributed by atoms with Crippen LogP contribution in [0.15, 0.2) is 23.8 Å². The number of anilines is 1. The number of rotatable bonds is 3. The monoisotopic (exact) mass is 244 g/mol. The van der Waals surface area contributed by atoms with Gasteiger partial charge in [0.15, 0.2) is 0 Å². The molecule has 2 heterocycles. The van der Waals surface area contributed by atoms with Gasteiger partial charge in [-0.2, -0.15) is 5.26 Å². The van der Waals surface area contributed by atoms with Gasteiger partial charge in [-0.05, 0) is 23.9 Å². The van der Waals surface area contributed by atoms with Crippen molar-refractivity contribution in [1.82, 2.24) is 9.97 Å². The Morgan fingerprint density at radius 3 is 2.65 bits per heavy atom. The predicted octanol–water partition coefficient (Wildman–Crippen LogP) is 2.47. The third-order valence-electron chi connectivity index (χ3n) is 2.41. The molecule has 5 heteroatoms. The van der Waals surface area contributed by atoms with Crippen molar-refractivity contribution in [2.24, 2.45) is 0 Å². The number of aryl methyl sites for hydroxylation is 1. The summed E-state index contributed by atoms with van der Waals surface area (Å²) in [6, 6.07) is 4.14. The first kappa shape index (κ1) is 11.6. The highest BCUT2D eigenvalue weighted by atomic mass is 32.1. The van der Waals surface area contributed by atoms with E-state index in [1.807, 2.05) is 0 Å². The van der Waals surface area contributed by atoms with E-state index in [0.29, 0.717) is 5.95 Å². The molecule has 4 nitrogen and oxygen atoms in total. The molecule has 0 amide bonds. The van der Waals surface area contributed by atoms with E-state index in [0.717, 1.165) is 5.56 Å². The summed E-state index contributed by atoms with van der Waals surface area (Å²) in [5.74, 6) is 0.574. The van der Waals surface area contributed by atoms with Crippen molar-refractivity contribution in [3.63, 3.8) is 0 Å². The molecular weight excluding hydrogens is 232 g/mol. The Morgan fingerprint density at radius 2 is 2.12 bits per heavy atom. The van der Waals surface area contributed by atoms with E-state index in [9.17, 15) is 0 Å². The molecule has 0 aliphatic rings. The molecule has 17 heavy (non-hydrogen) atoms. The molecule has 86 valence electrons. The van der Waals surface area contributed by atoms with Crippen LogP contribution in [0.4, 0.5) is 5.95 Å². The molecule has 0 spiro atoms. The van der Waals surface area contributed by atoms with Crippen LogP contribution in [0, 0.1) is 18.3 Å². The zero-order chi connectivity index (χ0) is 12.3. The normalized spacial score (nSPS) is 9.94. The topological polar surface area (TPSA) is 52.8 Å². The molecule has 0 radical (unpaired) electrons. The molecule has 0 fully saturated rings. The molecule has 0 saturated carbocycles. The smallest absolute Gasteiger partial charge is 0.225 e. The Bertz CT molecular complexity index is 538. The molecule has 2 rings (SSSR count). The maximum atomic E-state index is 8.59. The van der Waals surface area contributed by atoms with Crippen molar-refractivity contribution in [1.29, 1.82) is 5.26 Å². The quantitative estimate of drug-likeness (QED) is 0.778. The van der Waals surface area contributed by atoms with Crippen LogP contribution in [0.1, 0.15) is 5.56 Å². The van der Waals surface area contributed by atoms with E-state index in [1.165, 1.54) is 10.4 Å². The van der Waals surface area contributed by atoms with E-state index >= 15 is 0 Å². The number of hydrogen-bond donors (Lipinski definition) is 0. The first-order valence-electron chi connectivity index (χ1n) is 5.17. The second-order valence-electron chi connectivity index (χ2n) is 3.72. The molecule has 0 saturated heterocycles. The minimum Gasteiger partial charge on any atom is -0.331 e. The zero-order valence-corrected chi connectivity index (χ0v) is 10.5. The van der Waals surface area contributed by atoms with Crippen LogP contribution in [0.25, 0.3) is 10.4 Å². The highest BCUT2D eigenvalue weighted by Gasteiger charge is 2.07. The summed E-state index contributed by atoms with van der Waals surface area (Å²) in [6.45, 7) is 2.36. The molecule has 0 N–H and O–H groups in total. The summed E-state index contributed by atoms with van der Waals surface area (Å²) in [5, 5.41) is 10.6.